The van der Waals surface area contributed by atoms with Gasteiger partial charge in [-0.15, -0.1) is 0 Å². The first-order chi connectivity index (χ1) is 19.5. The molecule has 5 rings (SSSR count). The van der Waals surface area contributed by atoms with E-state index >= 15 is 0 Å². The van der Waals surface area contributed by atoms with Gasteiger partial charge in [-0.25, -0.2) is 4.79 Å². The largest absolute Gasteiger partial charge is 0.478 e. The maximum absolute atomic E-state index is 11.6. The Labute approximate surface area is 235 Å². The number of para-hydroxylation sites is 1. The number of pyridine rings is 1. The van der Waals surface area contributed by atoms with Crippen LogP contribution in [0.3, 0.4) is 0 Å². The van der Waals surface area contributed by atoms with Gasteiger partial charge in [0.05, 0.1) is 17.0 Å². The van der Waals surface area contributed by atoms with Crippen molar-refractivity contribution in [1.82, 2.24) is 10.3 Å². The molecule has 0 radical (unpaired) electrons. The molecule has 0 fully saturated rings. The number of carboxylic acids is 1. The van der Waals surface area contributed by atoms with Gasteiger partial charge < -0.3 is 15.3 Å². The van der Waals surface area contributed by atoms with E-state index in [4.69, 9.17) is 0 Å². The van der Waals surface area contributed by atoms with Crippen molar-refractivity contribution in [2.45, 2.75) is 20.0 Å². The summed E-state index contributed by atoms with van der Waals surface area (Å²) in [6.45, 7) is 7.85. The molecule has 5 nitrogen and oxygen atoms in total. The number of anilines is 2. The quantitative estimate of drug-likeness (QED) is 0.194. The second-order valence-electron chi connectivity index (χ2n) is 9.64. The van der Waals surface area contributed by atoms with Crippen molar-refractivity contribution < 1.29 is 9.90 Å². The minimum atomic E-state index is -0.997. The number of hydrogen-bond donors (Lipinski definition) is 2. The molecule has 0 amide bonds. The van der Waals surface area contributed by atoms with Gasteiger partial charge in [-0.05, 0) is 65.1 Å². The monoisotopic (exact) mass is 525 g/mol. The minimum Gasteiger partial charge on any atom is -0.478 e. The summed E-state index contributed by atoms with van der Waals surface area (Å²) >= 11 is 0. The van der Waals surface area contributed by atoms with Gasteiger partial charge in [0, 0.05) is 30.7 Å². The number of hydrogen-bond acceptors (Lipinski definition) is 4. The van der Waals surface area contributed by atoms with Crippen LogP contribution in [0.2, 0.25) is 0 Å². The molecule has 4 aromatic carbocycles. The van der Waals surface area contributed by atoms with Crippen LogP contribution in [0.4, 0.5) is 11.4 Å². The summed E-state index contributed by atoms with van der Waals surface area (Å²) in [6.07, 6.45) is 1.50. The number of benzene rings is 4. The van der Waals surface area contributed by atoms with Crippen molar-refractivity contribution in [3.63, 3.8) is 0 Å². The Kier molecular flexibility index (Phi) is 8.14. The zero-order valence-electron chi connectivity index (χ0n) is 22.4. The van der Waals surface area contributed by atoms with Crippen molar-refractivity contribution in [2.24, 2.45) is 0 Å². The zero-order chi connectivity index (χ0) is 27.9. The molecular weight excluding hydrogens is 494 g/mol. The summed E-state index contributed by atoms with van der Waals surface area (Å²) in [5.41, 5.74) is 9.05. The first-order valence-corrected chi connectivity index (χ1v) is 13.2. The van der Waals surface area contributed by atoms with E-state index in [1.807, 2.05) is 42.2 Å². The fourth-order valence-electron chi connectivity index (χ4n) is 4.65. The van der Waals surface area contributed by atoms with Gasteiger partial charge in [-0.2, -0.15) is 0 Å². The number of nitrogens with zero attached hydrogens (tertiary/aromatic N) is 2. The van der Waals surface area contributed by atoms with Crippen molar-refractivity contribution in [3.8, 4) is 11.1 Å². The highest BCUT2D eigenvalue weighted by atomic mass is 16.4. The standard InChI is InChI=1S/C35H31N3O2/c1-25-8-6-7-11-34(25)38(26(2)33-22-31(35(39)40)20-21-37-33)32-18-14-28(15-19-32)24-36-23-27-12-16-30(17-13-27)29-9-4-3-5-10-29/h3-22,36H,2,23-24H2,1H3,(H,39,40). The lowest BCUT2D eigenvalue weighted by Crippen LogP contribution is -2.17. The van der Waals surface area contributed by atoms with E-state index in [2.05, 4.69) is 89.7 Å². The molecule has 1 heterocycles. The number of aromatic carboxylic acids is 1. The molecular formula is C35H31N3O2. The molecule has 0 atom stereocenters. The molecule has 0 unspecified atom stereocenters. The molecule has 5 aromatic rings. The molecule has 0 saturated heterocycles. The van der Waals surface area contributed by atoms with Gasteiger partial charge in [0.15, 0.2) is 0 Å². The van der Waals surface area contributed by atoms with Gasteiger partial charge in [0.25, 0.3) is 0 Å². The summed E-state index contributed by atoms with van der Waals surface area (Å²) < 4.78 is 0. The maximum atomic E-state index is 11.6. The Balaban J connectivity index is 1.30. The summed E-state index contributed by atoms with van der Waals surface area (Å²) in [5, 5.41) is 13.0. The van der Waals surface area contributed by atoms with Crippen LogP contribution < -0.4 is 10.2 Å². The average Bonchev–Trinajstić information content (AvgIpc) is 3.00. The summed E-state index contributed by atoms with van der Waals surface area (Å²) in [6, 6.07) is 38.4. The maximum Gasteiger partial charge on any atom is 0.335 e. The van der Waals surface area contributed by atoms with E-state index in [1.54, 1.807) is 6.07 Å². The van der Waals surface area contributed by atoms with Crippen LogP contribution in [0, 0.1) is 6.92 Å². The Morgan fingerprint density at radius 3 is 2.05 bits per heavy atom. The van der Waals surface area contributed by atoms with Gasteiger partial charge in [0.1, 0.15) is 0 Å². The van der Waals surface area contributed by atoms with Crippen molar-refractivity contribution in [1.29, 1.82) is 0 Å². The van der Waals surface area contributed by atoms with Gasteiger partial charge in [-0.1, -0.05) is 91.5 Å². The van der Waals surface area contributed by atoms with Crippen LogP contribution in [0.1, 0.15) is 32.7 Å². The van der Waals surface area contributed by atoms with Crippen LogP contribution in [-0.4, -0.2) is 16.1 Å². The highest BCUT2D eigenvalue weighted by molar-refractivity contribution is 5.91. The molecule has 0 aliphatic carbocycles. The Morgan fingerprint density at radius 2 is 1.40 bits per heavy atom. The molecule has 198 valence electrons. The predicted molar refractivity (Wildman–Crippen MR) is 162 cm³/mol. The SMILES string of the molecule is C=C(c1cc(C(=O)O)ccn1)N(c1ccc(CNCc2ccc(-c3ccccc3)cc2)cc1)c1ccccc1C. The van der Waals surface area contributed by atoms with Crippen LogP contribution in [0.15, 0.2) is 128 Å². The first kappa shape index (κ1) is 26.6. The molecule has 0 spiro atoms. The lowest BCUT2D eigenvalue weighted by Gasteiger charge is -2.28. The van der Waals surface area contributed by atoms with E-state index < -0.39 is 5.97 Å². The molecule has 2 N–H and O–H groups in total. The summed E-state index contributed by atoms with van der Waals surface area (Å²) in [4.78, 5) is 18.0. The number of carboxylic acid groups (broad SMARTS) is 1. The minimum absolute atomic E-state index is 0.173. The Morgan fingerprint density at radius 1 is 0.800 bits per heavy atom. The highest BCUT2D eigenvalue weighted by Crippen LogP contribution is 2.35. The first-order valence-electron chi connectivity index (χ1n) is 13.2. The van der Waals surface area contributed by atoms with E-state index in [0.717, 1.165) is 35.6 Å². The normalized spacial score (nSPS) is 10.7. The van der Waals surface area contributed by atoms with Gasteiger partial charge >= 0.3 is 5.97 Å². The molecule has 0 aliphatic heterocycles. The number of aromatic nitrogens is 1. The van der Waals surface area contributed by atoms with Gasteiger partial charge in [0.2, 0.25) is 0 Å². The van der Waals surface area contributed by atoms with Crippen molar-refractivity contribution >= 4 is 23.0 Å². The molecule has 0 bridgehead atoms. The zero-order valence-corrected chi connectivity index (χ0v) is 22.4. The third-order valence-electron chi connectivity index (χ3n) is 6.84. The summed E-state index contributed by atoms with van der Waals surface area (Å²) in [5.74, 6) is -0.997. The van der Waals surface area contributed by atoms with Crippen LogP contribution in [0.5, 0.6) is 0 Å². The average molecular weight is 526 g/mol. The number of carbonyl (C=O) groups is 1. The van der Waals surface area contributed by atoms with E-state index in [0.29, 0.717) is 11.4 Å². The molecule has 1 aromatic heterocycles. The highest BCUT2D eigenvalue weighted by Gasteiger charge is 2.18. The molecule has 5 heteroatoms. The number of aryl methyl sites for hydroxylation is 1. The fourth-order valence-corrected chi connectivity index (χ4v) is 4.65. The second-order valence-corrected chi connectivity index (χ2v) is 9.64. The Hall–Kier alpha value is -5.00. The number of nitrogens with one attached hydrogen (secondary N) is 1. The van der Waals surface area contributed by atoms with Crippen LogP contribution in [0.25, 0.3) is 16.8 Å². The third-order valence-corrected chi connectivity index (χ3v) is 6.84. The van der Waals surface area contributed by atoms with E-state index in [1.165, 1.54) is 29.0 Å². The second kappa shape index (κ2) is 12.2. The molecule has 0 saturated carbocycles. The fraction of sp³-hybridized carbons (Fsp3) is 0.0857. The molecule has 0 aliphatic rings. The van der Waals surface area contributed by atoms with Crippen molar-refractivity contribution in [3.05, 3.63) is 156 Å². The van der Waals surface area contributed by atoms with Crippen LogP contribution >= 0.6 is 0 Å². The van der Waals surface area contributed by atoms with Gasteiger partial charge in [-0.3, -0.25) is 4.98 Å². The van der Waals surface area contributed by atoms with Crippen molar-refractivity contribution in [2.75, 3.05) is 4.90 Å². The van der Waals surface area contributed by atoms with Crippen LogP contribution in [-0.2, 0) is 13.1 Å². The molecule has 40 heavy (non-hydrogen) atoms. The smallest absolute Gasteiger partial charge is 0.335 e. The lowest BCUT2D eigenvalue weighted by molar-refractivity contribution is 0.0696. The topological polar surface area (TPSA) is 65.5 Å². The van der Waals surface area contributed by atoms with E-state index in [-0.39, 0.29) is 5.56 Å². The third kappa shape index (κ3) is 6.17. The number of rotatable bonds is 10. The summed E-state index contributed by atoms with van der Waals surface area (Å²) in [7, 11) is 0. The van der Waals surface area contributed by atoms with E-state index in [9.17, 15) is 9.90 Å². The lowest BCUT2D eigenvalue weighted by atomic mass is 10.0. The Bertz CT molecular complexity index is 1610. The predicted octanol–water partition coefficient (Wildman–Crippen LogP) is 7.85.